The van der Waals surface area contributed by atoms with Crippen molar-refractivity contribution in [3.05, 3.63) is 79.1 Å². The van der Waals surface area contributed by atoms with Gasteiger partial charge in [0.05, 0.1) is 18.3 Å². The third-order valence-corrected chi connectivity index (χ3v) is 4.73. The molecule has 3 aromatic heterocycles. The number of aromatic amines is 1. The highest BCUT2D eigenvalue weighted by atomic mass is 16.5. The van der Waals surface area contributed by atoms with Crippen molar-refractivity contribution < 1.29 is 4.74 Å². The highest BCUT2D eigenvalue weighted by Gasteiger charge is 2.13. The maximum Gasteiger partial charge on any atom is 0.163 e. The smallest absolute Gasteiger partial charge is 0.163 e. The van der Waals surface area contributed by atoms with Crippen LogP contribution in [-0.4, -0.2) is 32.3 Å². The molecule has 0 aliphatic carbocycles. The Balaban J connectivity index is 1.59. The van der Waals surface area contributed by atoms with Crippen molar-refractivity contribution >= 4 is 22.5 Å². The molecule has 0 amide bonds. The zero-order valence-corrected chi connectivity index (χ0v) is 16.2. The molecule has 2 N–H and O–H groups in total. The van der Waals surface area contributed by atoms with Crippen molar-refractivity contribution in [2.75, 3.05) is 12.4 Å². The van der Waals surface area contributed by atoms with Crippen molar-refractivity contribution in [1.29, 1.82) is 0 Å². The van der Waals surface area contributed by atoms with E-state index < -0.39 is 0 Å². The highest BCUT2D eigenvalue weighted by Crippen LogP contribution is 2.30. The summed E-state index contributed by atoms with van der Waals surface area (Å²) in [5.41, 5.74) is 3.61. The Morgan fingerprint density at radius 1 is 0.900 bits per heavy atom. The Morgan fingerprint density at radius 2 is 1.77 bits per heavy atom. The van der Waals surface area contributed by atoms with E-state index in [-0.39, 0.29) is 0 Å². The number of hydrogen-bond donors (Lipinski definition) is 2. The van der Waals surface area contributed by atoms with Crippen LogP contribution in [0.5, 0.6) is 5.75 Å². The van der Waals surface area contributed by atoms with Crippen LogP contribution in [0.3, 0.4) is 0 Å². The molecule has 0 fully saturated rings. The van der Waals surface area contributed by atoms with Crippen LogP contribution in [0.25, 0.3) is 33.5 Å². The molecule has 0 saturated carbocycles. The molecule has 5 aromatic rings. The summed E-state index contributed by atoms with van der Waals surface area (Å²) in [5.74, 6) is 2.62. The first-order valence-electron chi connectivity index (χ1n) is 9.44. The number of nitrogens with zero attached hydrogens (tertiary/aromatic N) is 4. The van der Waals surface area contributed by atoms with Crippen molar-refractivity contribution in [2.24, 2.45) is 0 Å². The fourth-order valence-corrected chi connectivity index (χ4v) is 3.23. The van der Waals surface area contributed by atoms with Crippen LogP contribution in [0.4, 0.5) is 11.6 Å². The zero-order chi connectivity index (χ0) is 20.3. The van der Waals surface area contributed by atoms with Gasteiger partial charge in [-0.3, -0.25) is 10.1 Å². The van der Waals surface area contributed by atoms with Gasteiger partial charge in [0.1, 0.15) is 11.6 Å². The molecule has 3 heterocycles. The number of pyridine rings is 1. The SMILES string of the molecule is COc1ccc2nc(-c3cccnc3)nc(Nc3cc(-c4ccccc4)[nH]n3)c2c1. The summed E-state index contributed by atoms with van der Waals surface area (Å²) < 4.78 is 5.39. The highest BCUT2D eigenvalue weighted by molar-refractivity contribution is 5.93. The number of nitrogens with one attached hydrogen (secondary N) is 2. The van der Waals surface area contributed by atoms with Gasteiger partial charge in [0, 0.05) is 29.4 Å². The second-order valence-electron chi connectivity index (χ2n) is 6.68. The monoisotopic (exact) mass is 394 g/mol. The number of hydrogen-bond acceptors (Lipinski definition) is 6. The molecule has 7 nitrogen and oxygen atoms in total. The lowest BCUT2D eigenvalue weighted by atomic mass is 10.1. The molecule has 30 heavy (non-hydrogen) atoms. The van der Waals surface area contributed by atoms with E-state index in [1.54, 1.807) is 19.5 Å². The van der Waals surface area contributed by atoms with Crippen LogP contribution in [0.1, 0.15) is 0 Å². The Labute approximate surface area is 172 Å². The van der Waals surface area contributed by atoms with E-state index in [1.807, 2.05) is 66.7 Å². The molecule has 0 unspecified atom stereocenters. The lowest BCUT2D eigenvalue weighted by Gasteiger charge is -2.10. The molecule has 2 aromatic carbocycles. The van der Waals surface area contributed by atoms with Crippen LogP contribution in [-0.2, 0) is 0 Å². The summed E-state index contributed by atoms with van der Waals surface area (Å²) in [4.78, 5) is 13.6. The topological polar surface area (TPSA) is 88.6 Å². The molecule has 0 saturated heterocycles. The second kappa shape index (κ2) is 7.63. The predicted molar refractivity (Wildman–Crippen MR) is 117 cm³/mol. The van der Waals surface area contributed by atoms with Gasteiger partial charge in [0.2, 0.25) is 0 Å². The molecule has 7 heteroatoms. The minimum Gasteiger partial charge on any atom is -0.497 e. The molecule has 0 radical (unpaired) electrons. The van der Waals surface area contributed by atoms with E-state index in [0.29, 0.717) is 17.5 Å². The number of aromatic nitrogens is 5. The van der Waals surface area contributed by atoms with Crippen LogP contribution < -0.4 is 10.1 Å². The molecule has 0 aliphatic rings. The predicted octanol–water partition coefficient (Wildman–Crippen LogP) is 4.83. The van der Waals surface area contributed by atoms with Gasteiger partial charge in [-0.2, -0.15) is 5.10 Å². The summed E-state index contributed by atoms with van der Waals surface area (Å²) in [6.07, 6.45) is 3.47. The molecule has 146 valence electrons. The molecule has 0 aliphatic heterocycles. The first-order chi connectivity index (χ1) is 14.8. The largest absolute Gasteiger partial charge is 0.497 e. The summed E-state index contributed by atoms with van der Waals surface area (Å²) in [7, 11) is 1.64. The van der Waals surface area contributed by atoms with Gasteiger partial charge >= 0.3 is 0 Å². The average molecular weight is 394 g/mol. The molecule has 5 rings (SSSR count). The Bertz CT molecular complexity index is 1300. The number of rotatable bonds is 5. The van der Waals surface area contributed by atoms with Gasteiger partial charge in [0.25, 0.3) is 0 Å². The third kappa shape index (κ3) is 3.44. The van der Waals surface area contributed by atoms with E-state index in [9.17, 15) is 0 Å². The van der Waals surface area contributed by atoms with Gasteiger partial charge in [-0.25, -0.2) is 9.97 Å². The van der Waals surface area contributed by atoms with Gasteiger partial charge in [-0.05, 0) is 35.9 Å². The minimum absolute atomic E-state index is 0.585. The maximum absolute atomic E-state index is 5.39. The maximum atomic E-state index is 5.39. The molecule has 0 spiro atoms. The van der Waals surface area contributed by atoms with Crippen LogP contribution in [0.15, 0.2) is 79.1 Å². The van der Waals surface area contributed by atoms with Gasteiger partial charge in [-0.15, -0.1) is 0 Å². The van der Waals surface area contributed by atoms with Crippen LogP contribution in [0.2, 0.25) is 0 Å². The van der Waals surface area contributed by atoms with Crippen molar-refractivity contribution in [3.63, 3.8) is 0 Å². The Kier molecular flexibility index (Phi) is 4.53. The summed E-state index contributed by atoms with van der Waals surface area (Å²) in [6, 6.07) is 21.5. The first-order valence-corrected chi connectivity index (χ1v) is 9.44. The number of benzene rings is 2. The fourth-order valence-electron chi connectivity index (χ4n) is 3.23. The van der Waals surface area contributed by atoms with Crippen molar-refractivity contribution in [1.82, 2.24) is 25.1 Å². The molecular formula is C23H18N6O. The summed E-state index contributed by atoms with van der Waals surface area (Å²) in [5, 5.41) is 11.6. The summed E-state index contributed by atoms with van der Waals surface area (Å²) >= 11 is 0. The van der Waals surface area contributed by atoms with E-state index >= 15 is 0 Å². The van der Waals surface area contributed by atoms with E-state index in [0.717, 1.165) is 33.5 Å². The second-order valence-corrected chi connectivity index (χ2v) is 6.68. The van der Waals surface area contributed by atoms with Crippen LogP contribution in [0, 0.1) is 0 Å². The number of anilines is 2. The normalized spacial score (nSPS) is 10.8. The zero-order valence-electron chi connectivity index (χ0n) is 16.2. The minimum atomic E-state index is 0.585. The quantitative estimate of drug-likeness (QED) is 0.444. The number of methoxy groups -OCH3 is 1. The lowest BCUT2D eigenvalue weighted by Crippen LogP contribution is -2.00. The molecule has 0 atom stereocenters. The Morgan fingerprint density at radius 3 is 2.57 bits per heavy atom. The number of ether oxygens (including phenoxy) is 1. The fraction of sp³-hybridized carbons (Fsp3) is 0.0435. The van der Waals surface area contributed by atoms with E-state index in [4.69, 9.17) is 14.7 Å². The van der Waals surface area contributed by atoms with E-state index in [2.05, 4.69) is 20.5 Å². The van der Waals surface area contributed by atoms with Gasteiger partial charge in [0.15, 0.2) is 11.6 Å². The summed E-state index contributed by atoms with van der Waals surface area (Å²) in [6.45, 7) is 0. The number of H-pyrrole nitrogens is 1. The standard InChI is InChI=1S/C23H18N6O/c1-30-17-9-10-19-18(12-17)23(27-22(25-19)16-8-5-11-24-14-16)26-21-13-20(28-29-21)15-6-3-2-4-7-15/h2-14H,1H3,(H2,25,26,27,28,29). The number of fused-ring (bicyclic) bond motifs is 1. The first kappa shape index (κ1) is 17.8. The van der Waals surface area contributed by atoms with Gasteiger partial charge < -0.3 is 10.1 Å². The van der Waals surface area contributed by atoms with Crippen molar-refractivity contribution in [2.45, 2.75) is 0 Å². The van der Waals surface area contributed by atoms with Crippen molar-refractivity contribution in [3.8, 4) is 28.4 Å². The lowest BCUT2D eigenvalue weighted by molar-refractivity contribution is 0.415. The average Bonchev–Trinajstić information content (AvgIpc) is 3.28. The van der Waals surface area contributed by atoms with Crippen LogP contribution >= 0.6 is 0 Å². The Hall–Kier alpha value is -4.26. The third-order valence-electron chi connectivity index (χ3n) is 4.73. The molecule has 0 bridgehead atoms. The molecular weight excluding hydrogens is 376 g/mol. The van der Waals surface area contributed by atoms with E-state index in [1.165, 1.54) is 0 Å². The van der Waals surface area contributed by atoms with Gasteiger partial charge in [-0.1, -0.05) is 30.3 Å².